The number of carbonyl (C=O) groups excluding carboxylic acids is 1. The number of ether oxygens (including phenoxy) is 1. The Kier molecular flexibility index (Phi) is 5.37. The van der Waals surface area contributed by atoms with E-state index in [9.17, 15) is 9.18 Å². The van der Waals surface area contributed by atoms with Gasteiger partial charge in [0.2, 0.25) is 0 Å². The summed E-state index contributed by atoms with van der Waals surface area (Å²) in [6.07, 6.45) is 0. The number of anilines is 1. The fraction of sp³-hybridized carbons (Fsp3) is 0.227. The van der Waals surface area contributed by atoms with Gasteiger partial charge in [-0.05, 0) is 48.5 Å². The van der Waals surface area contributed by atoms with Crippen LogP contribution in [0.2, 0.25) is 0 Å². The van der Waals surface area contributed by atoms with Gasteiger partial charge in [0, 0.05) is 31.7 Å². The molecule has 1 amide bonds. The lowest BCUT2D eigenvalue weighted by Crippen LogP contribution is -2.49. The van der Waals surface area contributed by atoms with Crippen LogP contribution < -0.4 is 9.64 Å². The number of halogens is 1. The molecule has 0 saturated carbocycles. The topological polar surface area (TPSA) is 58.6 Å². The van der Waals surface area contributed by atoms with Crippen LogP contribution in [0.4, 0.5) is 10.2 Å². The van der Waals surface area contributed by atoms with E-state index in [0.717, 1.165) is 22.8 Å². The number of piperazine rings is 1. The molecule has 1 saturated heterocycles. The molecule has 4 rings (SSSR count). The second-order valence-electron chi connectivity index (χ2n) is 6.76. The van der Waals surface area contributed by atoms with Crippen molar-refractivity contribution >= 4 is 11.7 Å². The summed E-state index contributed by atoms with van der Waals surface area (Å²) >= 11 is 0. The van der Waals surface area contributed by atoms with Crippen molar-refractivity contribution in [3.63, 3.8) is 0 Å². The minimum Gasteiger partial charge on any atom is -0.497 e. The Labute approximate surface area is 168 Å². The Morgan fingerprint density at radius 3 is 2.28 bits per heavy atom. The molecule has 1 fully saturated rings. The Bertz CT molecular complexity index is 984. The van der Waals surface area contributed by atoms with Crippen LogP contribution in [0, 0.1) is 5.82 Å². The van der Waals surface area contributed by atoms with Gasteiger partial charge >= 0.3 is 0 Å². The van der Waals surface area contributed by atoms with Crippen molar-refractivity contribution < 1.29 is 13.9 Å². The SMILES string of the molecule is COc1ccc(-c2ccc(N3CCN(C(=O)c4ccccc4F)CC3)nn2)cc1. The van der Waals surface area contributed by atoms with E-state index >= 15 is 0 Å². The molecule has 0 bridgehead atoms. The van der Waals surface area contributed by atoms with Gasteiger partial charge in [-0.15, -0.1) is 10.2 Å². The van der Waals surface area contributed by atoms with E-state index in [-0.39, 0.29) is 11.5 Å². The number of rotatable bonds is 4. The largest absolute Gasteiger partial charge is 0.497 e. The second kappa shape index (κ2) is 8.26. The maximum Gasteiger partial charge on any atom is 0.256 e. The monoisotopic (exact) mass is 392 g/mol. The summed E-state index contributed by atoms with van der Waals surface area (Å²) in [5.74, 6) is 0.796. The third-order valence-corrected chi connectivity index (χ3v) is 5.03. The minimum atomic E-state index is -0.486. The standard InChI is InChI=1S/C22H21FN4O2/c1-29-17-8-6-16(7-9-17)20-10-11-21(25-24-20)26-12-14-27(15-13-26)22(28)18-4-2-3-5-19(18)23/h2-11H,12-15H2,1H3. The predicted octanol–water partition coefficient (Wildman–Crippen LogP) is 3.25. The van der Waals surface area contributed by atoms with Gasteiger partial charge in [-0.25, -0.2) is 4.39 Å². The third-order valence-electron chi connectivity index (χ3n) is 5.03. The fourth-order valence-corrected chi connectivity index (χ4v) is 3.35. The Morgan fingerprint density at radius 1 is 0.931 bits per heavy atom. The van der Waals surface area contributed by atoms with Crippen LogP contribution >= 0.6 is 0 Å². The number of aromatic nitrogens is 2. The summed E-state index contributed by atoms with van der Waals surface area (Å²) in [7, 11) is 1.63. The molecule has 1 aliphatic heterocycles. The van der Waals surface area contributed by atoms with Crippen molar-refractivity contribution in [2.24, 2.45) is 0 Å². The second-order valence-corrected chi connectivity index (χ2v) is 6.76. The molecule has 0 aliphatic carbocycles. The molecular weight excluding hydrogens is 371 g/mol. The lowest BCUT2D eigenvalue weighted by Gasteiger charge is -2.35. The van der Waals surface area contributed by atoms with Crippen LogP contribution in [0.15, 0.2) is 60.7 Å². The van der Waals surface area contributed by atoms with Gasteiger partial charge in [0.25, 0.3) is 5.91 Å². The number of nitrogens with zero attached hydrogens (tertiary/aromatic N) is 4. The zero-order valence-corrected chi connectivity index (χ0v) is 16.1. The Hall–Kier alpha value is -3.48. The quantitative estimate of drug-likeness (QED) is 0.682. The van der Waals surface area contributed by atoms with E-state index in [1.54, 1.807) is 24.1 Å². The van der Waals surface area contributed by atoms with Gasteiger partial charge < -0.3 is 14.5 Å². The lowest BCUT2D eigenvalue weighted by molar-refractivity contribution is 0.0742. The summed E-state index contributed by atoms with van der Waals surface area (Å²) in [6.45, 7) is 2.26. The van der Waals surface area contributed by atoms with Gasteiger partial charge in [0.15, 0.2) is 5.82 Å². The van der Waals surface area contributed by atoms with Gasteiger partial charge in [-0.3, -0.25) is 4.79 Å². The van der Waals surface area contributed by atoms with E-state index in [1.807, 2.05) is 36.4 Å². The summed E-state index contributed by atoms with van der Waals surface area (Å²) in [5, 5.41) is 8.68. The molecule has 7 heteroatoms. The number of hydrogen-bond donors (Lipinski definition) is 0. The number of methoxy groups -OCH3 is 1. The molecule has 2 aromatic carbocycles. The van der Waals surface area contributed by atoms with Crippen molar-refractivity contribution in [3.05, 3.63) is 72.0 Å². The van der Waals surface area contributed by atoms with Crippen LogP contribution in [-0.4, -0.2) is 54.3 Å². The molecular formula is C22H21FN4O2. The van der Waals surface area contributed by atoms with Crippen molar-refractivity contribution in [2.45, 2.75) is 0 Å². The highest BCUT2D eigenvalue weighted by Crippen LogP contribution is 2.22. The molecule has 2 heterocycles. The molecule has 0 radical (unpaired) electrons. The number of amides is 1. The summed E-state index contributed by atoms with van der Waals surface area (Å²) in [5.41, 5.74) is 1.86. The highest BCUT2D eigenvalue weighted by atomic mass is 19.1. The molecule has 6 nitrogen and oxygen atoms in total. The van der Waals surface area contributed by atoms with Crippen LogP contribution in [0.25, 0.3) is 11.3 Å². The van der Waals surface area contributed by atoms with E-state index in [1.165, 1.54) is 12.1 Å². The normalized spacial score (nSPS) is 14.0. The summed E-state index contributed by atoms with van der Waals surface area (Å²) < 4.78 is 19.0. The van der Waals surface area contributed by atoms with Gasteiger partial charge in [0.1, 0.15) is 11.6 Å². The van der Waals surface area contributed by atoms with Crippen LogP contribution in [-0.2, 0) is 0 Å². The van der Waals surface area contributed by atoms with E-state index in [2.05, 4.69) is 15.1 Å². The Balaban J connectivity index is 1.39. The third kappa shape index (κ3) is 4.03. The summed E-state index contributed by atoms with van der Waals surface area (Å²) in [6, 6.07) is 17.6. The van der Waals surface area contributed by atoms with Crippen molar-refractivity contribution in [3.8, 4) is 17.0 Å². The molecule has 0 N–H and O–H groups in total. The number of carbonyl (C=O) groups is 1. The summed E-state index contributed by atoms with van der Waals surface area (Å²) in [4.78, 5) is 16.3. The average Bonchev–Trinajstić information content (AvgIpc) is 2.79. The maximum atomic E-state index is 13.9. The Morgan fingerprint density at radius 2 is 1.66 bits per heavy atom. The first-order valence-corrected chi connectivity index (χ1v) is 9.42. The molecule has 29 heavy (non-hydrogen) atoms. The maximum absolute atomic E-state index is 13.9. The van der Waals surface area contributed by atoms with Gasteiger partial charge in [-0.2, -0.15) is 0 Å². The highest BCUT2D eigenvalue weighted by Gasteiger charge is 2.24. The van der Waals surface area contributed by atoms with E-state index in [4.69, 9.17) is 4.74 Å². The predicted molar refractivity (Wildman–Crippen MR) is 109 cm³/mol. The zero-order valence-electron chi connectivity index (χ0n) is 16.1. The molecule has 0 unspecified atom stereocenters. The smallest absolute Gasteiger partial charge is 0.256 e. The van der Waals surface area contributed by atoms with Crippen molar-refractivity contribution in [2.75, 3.05) is 38.2 Å². The highest BCUT2D eigenvalue weighted by molar-refractivity contribution is 5.94. The van der Waals surface area contributed by atoms with Gasteiger partial charge in [0.05, 0.1) is 18.4 Å². The van der Waals surface area contributed by atoms with Crippen molar-refractivity contribution in [1.82, 2.24) is 15.1 Å². The van der Waals surface area contributed by atoms with Crippen LogP contribution in [0.5, 0.6) is 5.75 Å². The molecule has 1 aromatic heterocycles. The van der Waals surface area contributed by atoms with E-state index in [0.29, 0.717) is 26.2 Å². The first-order valence-electron chi connectivity index (χ1n) is 9.42. The first kappa shape index (κ1) is 18.9. The zero-order chi connectivity index (χ0) is 20.2. The van der Waals surface area contributed by atoms with Crippen LogP contribution in [0.3, 0.4) is 0 Å². The number of hydrogen-bond acceptors (Lipinski definition) is 5. The van der Waals surface area contributed by atoms with Gasteiger partial charge in [-0.1, -0.05) is 12.1 Å². The molecule has 3 aromatic rings. The molecule has 148 valence electrons. The lowest BCUT2D eigenvalue weighted by atomic mass is 10.1. The van der Waals surface area contributed by atoms with Crippen molar-refractivity contribution in [1.29, 1.82) is 0 Å². The van der Waals surface area contributed by atoms with E-state index < -0.39 is 5.82 Å². The first-order chi connectivity index (χ1) is 14.2. The molecule has 0 atom stereocenters. The average molecular weight is 392 g/mol. The molecule has 1 aliphatic rings. The van der Waals surface area contributed by atoms with Crippen LogP contribution in [0.1, 0.15) is 10.4 Å². The number of benzene rings is 2. The fourth-order valence-electron chi connectivity index (χ4n) is 3.35. The molecule has 0 spiro atoms. The minimum absolute atomic E-state index is 0.115.